The Kier molecular flexibility index (Phi) is 18.8. The van der Waals surface area contributed by atoms with Crippen LogP contribution in [0.5, 0.6) is 0 Å². The Morgan fingerprint density at radius 3 is 2.23 bits per heavy atom. The summed E-state index contributed by atoms with van der Waals surface area (Å²) in [5, 5.41) is 16.4. The first kappa shape index (κ1) is 41.8. The number of nitrogens with zero attached hydrogens (tertiary/aromatic N) is 2. The first-order chi connectivity index (χ1) is 22.8. The van der Waals surface area contributed by atoms with Gasteiger partial charge in [-0.15, -0.1) is 0 Å². The van der Waals surface area contributed by atoms with Crippen LogP contribution in [-0.4, -0.2) is 45.7 Å². The molecule has 0 fully saturated rings. The molecule has 1 heterocycles. The minimum Gasteiger partial charge on any atom is -0.481 e. The van der Waals surface area contributed by atoms with E-state index in [0.717, 1.165) is 35.1 Å². The van der Waals surface area contributed by atoms with Crippen LogP contribution in [0, 0.1) is 0 Å². The van der Waals surface area contributed by atoms with Crippen LogP contribution in [0.25, 0.3) is 0 Å². The number of ketones is 1. The second-order valence-corrected chi connectivity index (χ2v) is 13.5. The molecule has 3 rings (SSSR count). The molecule has 3 aromatic rings. The van der Waals surface area contributed by atoms with Gasteiger partial charge in [0.15, 0.2) is 5.78 Å². The second-order valence-electron chi connectivity index (χ2n) is 11.6. The SMILES string of the molecule is C/C=C(\C=C/CC)P(OCC(=O)CNC(=O)C(C)c1ccnn(Cc2ccccc2C(C)(C)C)c1=O)c1ccccc1.CC.CC(=O)O. The van der Waals surface area contributed by atoms with E-state index in [1.807, 2.05) is 81.5 Å². The molecule has 0 saturated heterocycles. The number of aliphatic carboxylic acids is 1. The maximum atomic E-state index is 13.3. The predicted molar refractivity (Wildman–Crippen MR) is 196 cm³/mol. The van der Waals surface area contributed by atoms with Gasteiger partial charge in [0, 0.05) is 29.3 Å². The normalized spacial score (nSPS) is 12.6. The van der Waals surface area contributed by atoms with E-state index in [1.165, 1.54) is 10.9 Å². The van der Waals surface area contributed by atoms with Crippen molar-refractivity contribution in [3.63, 3.8) is 0 Å². The number of hydrogen-bond donors (Lipinski definition) is 2. The van der Waals surface area contributed by atoms with Gasteiger partial charge in [-0.25, -0.2) is 4.68 Å². The van der Waals surface area contributed by atoms with Crippen LogP contribution in [0.2, 0.25) is 0 Å². The van der Waals surface area contributed by atoms with Crippen molar-refractivity contribution in [2.75, 3.05) is 13.2 Å². The van der Waals surface area contributed by atoms with Gasteiger partial charge in [-0.3, -0.25) is 19.2 Å². The highest BCUT2D eigenvalue weighted by molar-refractivity contribution is 7.65. The minimum absolute atomic E-state index is 0.0931. The van der Waals surface area contributed by atoms with Crippen LogP contribution in [0.15, 0.2) is 95.2 Å². The molecule has 9 nitrogen and oxygen atoms in total. The fraction of sp³-hybridized carbons (Fsp3) is 0.395. The van der Waals surface area contributed by atoms with E-state index in [0.29, 0.717) is 12.1 Å². The molecule has 1 amide bonds. The maximum absolute atomic E-state index is 13.3. The van der Waals surface area contributed by atoms with E-state index >= 15 is 0 Å². The molecule has 1 aromatic heterocycles. The standard InChI is InChI=1S/C34H42N3O4P.C2H4O2.C2H6/c1-7-9-16-28(8-2)42(29-17-11-10-12-18-29)41-24-27(38)22-35-32(39)25(3)30-20-21-36-37(33(30)40)23-26-15-13-14-19-31(26)34(4,5)6;1-2(3)4;1-2/h8-21,25H,7,22-24H2,1-6H3,(H,35,39);1H3,(H,3,4);1-2H3/b16-9-,28-8+;;. The van der Waals surface area contributed by atoms with Crippen molar-refractivity contribution in [3.8, 4) is 0 Å². The van der Waals surface area contributed by atoms with Crippen LogP contribution in [0.1, 0.15) is 91.3 Å². The summed E-state index contributed by atoms with van der Waals surface area (Å²) in [6.07, 6.45) is 8.54. The quantitative estimate of drug-likeness (QED) is 0.146. The highest BCUT2D eigenvalue weighted by Crippen LogP contribution is 2.45. The van der Waals surface area contributed by atoms with Crippen LogP contribution in [-0.2, 0) is 30.9 Å². The Morgan fingerprint density at radius 2 is 1.65 bits per heavy atom. The number of allylic oxidation sites excluding steroid dienone is 4. The number of carboxylic acids is 1. The molecule has 48 heavy (non-hydrogen) atoms. The summed E-state index contributed by atoms with van der Waals surface area (Å²) < 4.78 is 7.51. The molecule has 0 bridgehead atoms. The van der Waals surface area contributed by atoms with Gasteiger partial charge >= 0.3 is 0 Å². The van der Waals surface area contributed by atoms with Crippen molar-refractivity contribution in [1.82, 2.24) is 15.1 Å². The first-order valence-corrected chi connectivity index (χ1v) is 17.5. The van der Waals surface area contributed by atoms with E-state index < -0.39 is 25.9 Å². The Balaban J connectivity index is 0.00000178. The lowest BCUT2D eigenvalue weighted by Crippen LogP contribution is -2.37. The van der Waals surface area contributed by atoms with E-state index in [1.54, 1.807) is 13.0 Å². The fourth-order valence-electron chi connectivity index (χ4n) is 4.51. The lowest BCUT2D eigenvalue weighted by Gasteiger charge is -2.23. The highest BCUT2D eigenvalue weighted by atomic mass is 31.1. The molecule has 0 radical (unpaired) electrons. The molecule has 10 heteroatoms. The molecule has 0 saturated carbocycles. The van der Waals surface area contributed by atoms with Gasteiger partial charge in [-0.2, -0.15) is 5.10 Å². The van der Waals surface area contributed by atoms with Gasteiger partial charge in [-0.1, -0.05) is 114 Å². The molecule has 260 valence electrons. The largest absolute Gasteiger partial charge is 0.481 e. The molecular formula is C38H52N3O6P. The zero-order valence-electron chi connectivity index (χ0n) is 29.8. The predicted octanol–water partition coefficient (Wildman–Crippen LogP) is 7.10. The average Bonchev–Trinajstić information content (AvgIpc) is 3.06. The lowest BCUT2D eigenvalue weighted by atomic mass is 9.84. The van der Waals surface area contributed by atoms with Gasteiger partial charge in [0.2, 0.25) is 5.91 Å². The third-order valence-corrected chi connectivity index (χ3v) is 8.84. The van der Waals surface area contributed by atoms with Gasteiger partial charge in [0.25, 0.3) is 11.5 Å². The molecule has 2 N–H and O–H groups in total. The fourth-order valence-corrected chi connectivity index (χ4v) is 6.30. The number of carbonyl (C=O) groups excluding carboxylic acids is 2. The zero-order chi connectivity index (χ0) is 36.3. The Bertz CT molecular complexity index is 1570. The van der Waals surface area contributed by atoms with E-state index in [2.05, 4.69) is 50.3 Å². The van der Waals surface area contributed by atoms with Gasteiger partial charge < -0.3 is 14.9 Å². The maximum Gasteiger partial charge on any atom is 0.300 e. The van der Waals surface area contributed by atoms with Crippen molar-refractivity contribution in [2.24, 2.45) is 0 Å². The Labute approximate surface area is 287 Å². The summed E-state index contributed by atoms with van der Waals surface area (Å²) in [5.74, 6) is -2.24. The first-order valence-electron chi connectivity index (χ1n) is 16.2. The molecule has 0 aliphatic rings. The van der Waals surface area contributed by atoms with E-state index in [-0.39, 0.29) is 29.9 Å². The number of nitrogens with one attached hydrogen (secondary N) is 1. The van der Waals surface area contributed by atoms with E-state index in [4.69, 9.17) is 14.4 Å². The highest BCUT2D eigenvalue weighted by Gasteiger charge is 2.23. The van der Waals surface area contributed by atoms with Crippen molar-refractivity contribution in [2.45, 2.75) is 86.6 Å². The Morgan fingerprint density at radius 1 is 1.04 bits per heavy atom. The topological polar surface area (TPSA) is 128 Å². The summed E-state index contributed by atoms with van der Waals surface area (Å²) >= 11 is 0. The van der Waals surface area contributed by atoms with E-state index in [9.17, 15) is 14.4 Å². The van der Waals surface area contributed by atoms with Crippen molar-refractivity contribution >= 4 is 31.1 Å². The van der Waals surface area contributed by atoms with Crippen LogP contribution >= 0.6 is 8.15 Å². The number of Topliss-reactive ketones (excluding diaryl/α,β-unsaturated/α-hetero) is 1. The van der Waals surface area contributed by atoms with Gasteiger partial charge in [0.05, 0.1) is 27.2 Å². The number of amides is 1. The number of hydrogen-bond acceptors (Lipinski definition) is 6. The summed E-state index contributed by atoms with van der Waals surface area (Å²) in [4.78, 5) is 48.1. The number of aromatic nitrogens is 2. The third kappa shape index (κ3) is 13.9. The second kappa shape index (κ2) is 21.6. The summed E-state index contributed by atoms with van der Waals surface area (Å²) in [6.45, 7) is 17.1. The third-order valence-electron chi connectivity index (χ3n) is 6.81. The zero-order valence-corrected chi connectivity index (χ0v) is 30.7. The number of rotatable bonds is 13. The summed E-state index contributed by atoms with van der Waals surface area (Å²) in [5.41, 5.74) is 2.04. The number of carbonyl (C=O) groups is 3. The molecule has 0 spiro atoms. The van der Waals surface area contributed by atoms with Crippen LogP contribution in [0.3, 0.4) is 0 Å². The monoisotopic (exact) mass is 677 g/mol. The molecule has 2 atom stereocenters. The minimum atomic E-state index is -1.19. The summed E-state index contributed by atoms with van der Waals surface area (Å²) in [7, 11) is -1.19. The molecule has 2 aromatic carbocycles. The van der Waals surface area contributed by atoms with Crippen LogP contribution in [0.4, 0.5) is 0 Å². The van der Waals surface area contributed by atoms with Crippen molar-refractivity contribution in [3.05, 3.63) is 117 Å². The number of benzene rings is 2. The van der Waals surface area contributed by atoms with Gasteiger partial charge in [-0.05, 0) is 42.9 Å². The molecular weight excluding hydrogens is 625 g/mol. The van der Waals surface area contributed by atoms with Gasteiger partial charge in [0.1, 0.15) is 6.61 Å². The number of carboxylic acid groups (broad SMARTS) is 1. The van der Waals surface area contributed by atoms with Crippen molar-refractivity contribution < 1.29 is 24.0 Å². The van der Waals surface area contributed by atoms with Crippen molar-refractivity contribution in [1.29, 1.82) is 0 Å². The Hall–Kier alpha value is -4.20. The molecule has 0 aliphatic carbocycles. The van der Waals surface area contributed by atoms with Crippen LogP contribution < -0.4 is 16.2 Å². The molecule has 2 unspecified atom stereocenters. The molecule has 0 aliphatic heterocycles. The average molecular weight is 678 g/mol. The smallest absolute Gasteiger partial charge is 0.300 e. The summed E-state index contributed by atoms with van der Waals surface area (Å²) in [6, 6.07) is 19.4. The lowest BCUT2D eigenvalue weighted by molar-refractivity contribution is -0.134.